The first-order chi connectivity index (χ1) is 9.63. The number of amides is 1. The van der Waals surface area contributed by atoms with E-state index in [0.717, 1.165) is 19.7 Å². The van der Waals surface area contributed by atoms with Crippen LogP contribution < -0.4 is 0 Å². The molecule has 6 heteroatoms. The first-order valence-corrected chi connectivity index (χ1v) is 7.68. The molecule has 0 bridgehead atoms. The van der Waals surface area contributed by atoms with E-state index in [0.29, 0.717) is 12.2 Å². The predicted molar refractivity (Wildman–Crippen MR) is 83.9 cm³/mol. The Balaban J connectivity index is 1.78. The van der Waals surface area contributed by atoms with E-state index in [1.807, 2.05) is 24.3 Å². The SMILES string of the molecule is CN(Cc1nc2ccccc2s1)C(=O)c1cc(Br)c[nH]1. The fourth-order valence-electron chi connectivity index (χ4n) is 1.96. The zero-order valence-corrected chi connectivity index (χ0v) is 13.2. The van der Waals surface area contributed by atoms with Crippen molar-refractivity contribution >= 4 is 43.4 Å². The number of halogens is 1. The summed E-state index contributed by atoms with van der Waals surface area (Å²) in [6.07, 6.45) is 1.75. The van der Waals surface area contributed by atoms with Gasteiger partial charge in [0.05, 0.1) is 16.8 Å². The molecule has 1 amide bonds. The van der Waals surface area contributed by atoms with Gasteiger partial charge in [-0.15, -0.1) is 11.3 Å². The number of thiazole rings is 1. The van der Waals surface area contributed by atoms with E-state index in [4.69, 9.17) is 0 Å². The molecule has 20 heavy (non-hydrogen) atoms. The maximum Gasteiger partial charge on any atom is 0.270 e. The van der Waals surface area contributed by atoms with Crippen LogP contribution in [0.1, 0.15) is 15.5 Å². The minimum absolute atomic E-state index is 0.0463. The van der Waals surface area contributed by atoms with Crippen LogP contribution in [0.4, 0.5) is 0 Å². The van der Waals surface area contributed by atoms with Crippen molar-refractivity contribution in [3.63, 3.8) is 0 Å². The van der Waals surface area contributed by atoms with Crippen molar-refractivity contribution in [2.75, 3.05) is 7.05 Å². The number of aromatic nitrogens is 2. The number of nitrogens with zero attached hydrogens (tertiary/aromatic N) is 2. The summed E-state index contributed by atoms with van der Waals surface area (Å²) in [5, 5.41) is 0.938. The summed E-state index contributed by atoms with van der Waals surface area (Å²) < 4.78 is 2.01. The predicted octanol–water partition coefficient (Wildman–Crippen LogP) is 3.66. The van der Waals surface area contributed by atoms with Crippen LogP contribution in [0, 0.1) is 0 Å². The van der Waals surface area contributed by atoms with Crippen LogP contribution >= 0.6 is 27.3 Å². The molecule has 1 aromatic carbocycles. The summed E-state index contributed by atoms with van der Waals surface area (Å²) in [4.78, 5) is 21.4. The molecular weight excluding hydrogens is 338 g/mol. The number of H-pyrrole nitrogens is 1. The molecule has 0 aliphatic rings. The molecule has 2 aromatic heterocycles. The van der Waals surface area contributed by atoms with Gasteiger partial charge in [-0.2, -0.15) is 0 Å². The molecular formula is C14H12BrN3OS. The van der Waals surface area contributed by atoms with Crippen molar-refractivity contribution in [3.05, 3.63) is 51.7 Å². The van der Waals surface area contributed by atoms with Crippen LogP contribution in [0.5, 0.6) is 0 Å². The third-order valence-corrected chi connectivity index (χ3v) is 4.41. The lowest BCUT2D eigenvalue weighted by Crippen LogP contribution is -2.26. The number of fused-ring (bicyclic) bond motifs is 1. The van der Waals surface area contributed by atoms with Crippen LogP contribution in [0.15, 0.2) is 41.0 Å². The van der Waals surface area contributed by atoms with Crippen molar-refractivity contribution in [3.8, 4) is 0 Å². The lowest BCUT2D eigenvalue weighted by atomic mass is 10.3. The quantitative estimate of drug-likeness (QED) is 0.784. The number of para-hydroxylation sites is 1. The zero-order chi connectivity index (χ0) is 14.1. The van der Waals surface area contributed by atoms with Gasteiger partial charge in [0, 0.05) is 17.7 Å². The van der Waals surface area contributed by atoms with Crippen molar-refractivity contribution in [2.45, 2.75) is 6.54 Å². The third-order valence-electron chi connectivity index (χ3n) is 2.94. The first-order valence-electron chi connectivity index (χ1n) is 6.07. The molecule has 0 spiro atoms. The summed E-state index contributed by atoms with van der Waals surface area (Å²) in [5.74, 6) is -0.0463. The molecule has 0 atom stereocenters. The monoisotopic (exact) mass is 349 g/mol. The maximum atomic E-state index is 12.2. The molecule has 0 saturated heterocycles. The number of carbonyl (C=O) groups is 1. The minimum Gasteiger partial charge on any atom is -0.356 e. The number of hydrogen-bond donors (Lipinski definition) is 1. The van der Waals surface area contributed by atoms with Gasteiger partial charge >= 0.3 is 0 Å². The summed E-state index contributed by atoms with van der Waals surface area (Å²) in [5.41, 5.74) is 1.55. The van der Waals surface area contributed by atoms with E-state index in [1.165, 1.54) is 0 Å². The van der Waals surface area contributed by atoms with E-state index < -0.39 is 0 Å². The lowest BCUT2D eigenvalue weighted by Gasteiger charge is -2.14. The second kappa shape index (κ2) is 5.38. The Morgan fingerprint density at radius 2 is 2.25 bits per heavy atom. The standard InChI is InChI=1S/C14H12BrN3OS/c1-18(14(19)11-6-9(15)7-16-11)8-13-17-10-4-2-3-5-12(10)20-13/h2-7,16H,8H2,1H3. The molecule has 0 aliphatic heterocycles. The fourth-order valence-corrected chi connectivity index (χ4v) is 3.32. The van der Waals surface area contributed by atoms with Gasteiger partial charge in [-0.05, 0) is 34.1 Å². The molecule has 0 saturated carbocycles. The van der Waals surface area contributed by atoms with Gasteiger partial charge < -0.3 is 9.88 Å². The van der Waals surface area contributed by atoms with Crippen molar-refractivity contribution < 1.29 is 4.79 Å². The third kappa shape index (κ3) is 2.62. The smallest absolute Gasteiger partial charge is 0.270 e. The second-order valence-corrected chi connectivity index (χ2v) is 6.50. The van der Waals surface area contributed by atoms with Crippen molar-refractivity contribution in [1.29, 1.82) is 0 Å². The number of rotatable bonds is 3. The summed E-state index contributed by atoms with van der Waals surface area (Å²) in [7, 11) is 1.78. The molecule has 3 rings (SSSR count). The van der Waals surface area contributed by atoms with Crippen LogP contribution in [-0.2, 0) is 6.54 Å². The van der Waals surface area contributed by atoms with Gasteiger partial charge in [0.15, 0.2) is 0 Å². The van der Waals surface area contributed by atoms with Gasteiger partial charge in [-0.25, -0.2) is 4.98 Å². The van der Waals surface area contributed by atoms with Crippen LogP contribution in [0.3, 0.4) is 0 Å². The van der Waals surface area contributed by atoms with Gasteiger partial charge in [0.2, 0.25) is 0 Å². The summed E-state index contributed by atoms with van der Waals surface area (Å²) in [6, 6.07) is 9.77. The number of benzene rings is 1. The largest absolute Gasteiger partial charge is 0.356 e. The van der Waals surface area contributed by atoms with Gasteiger partial charge in [-0.1, -0.05) is 12.1 Å². The molecule has 1 N–H and O–H groups in total. The normalized spacial score (nSPS) is 10.9. The number of nitrogens with one attached hydrogen (secondary N) is 1. The highest BCUT2D eigenvalue weighted by Crippen LogP contribution is 2.22. The molecule has 3 aromatic rings. The summed E-state index contributed by atoms with van der Waals surface area (Å²) >= 11 is 4.95. The Labute approximate surface area is 128 Å². The number of hydrogen-bond acceptors (Lipinski definition) is 3. The molecule has 0 unspecified atom stereocenters. The maximum absolute atomic E-state index is 12.2. The Hall–Kier alpha value is -1.66. The Morgan fingerprint density at radius 1 is 1.45 bits per heavy atom. The van der Waals surface area contributed by atoms with Gasteiger partial charge in [0.25, 0.3) is 5.91 Å². The van der Waals surface area contributed by atoms with E-state index in [1.54, 1.807) is 35.5 Å². The molecule has 4 nitrogen and oxygen atoms in total. The van der Waals surface area contributed by atoms with Crippen LogP contribution in [0.2, 0.25) is 0 Å². The van der Waals surface area contributed by atoms with Gasteiger partial charge in [0.1, 0.15) is 10.7 Å². The van der Waals surface area contributed by atoms with Gasteiger partial charge in [-0.3, -0.25) is 4.79 Å². The molecule has 0 radical (unpaired) electrons. The molecule has 102 valence electrons. The van der Waals surface area contributed by atoms with Crippen molar-refractivity contribution in [1.82, 2.24) is 14.9 Å². The summed E-state index contributed by atoms with van der Waals surface area (Å²) in [6.45, 7) is 0.509. The van der Waals surface area contributed by atoms with Crippen LogP contribution in [0.25, 0.3) is 10.2 Å². The van der Waals surface area contributed by atoms with E-state index in [-0.39, 0.29) is 5.91 Å². The Bertz CT molecular complexity index is 731. The van der Waals surface area contributed by atoms with E-state index >= 15 is 0 Å². The van der Waals surface area contributed by atoms with E-state index in [2.05, 4.69) is 25.9 Å². The lowest BCUT2D eigenvalue weighted by molar-refractivity contribution is 0.0780. The number of carbonyl (C=O) groups excluding carboxylic acids is 1. The molecule has 0 aliphatic carbocycles. The fraction of sp³-hybridized carbons (Fsp3) is 0.143. The zero-order valence-electron chi connectivity index (χ0n) is 10.8. The van der Waals surface area contributed by atoms with Crippen LogP contribution in [-0.4, -0.2) is 27.8 Å². The Kier molecular flexibility index (Phi) is 3.58. The highest BCUT2D eigenvalue weighted by atomic mass is 79.9. The first kappa shape index (κ1) is 13.3. The number of aromatic amines is 1. The average Bonchev–Trinajstić information content (AvgIpc) is 3.03. The highest BCUT2D eigenvalue weighted by molar-refractivity contribution is 9.10. The second-order valence-electron chi connectivity index (χ2n) is 4.47. The van der Waals surface area contributed by atoms with E-state index in [9.17, 15) is 4.79 Å². The Morgan fingerprint density at radius 3 is 2.95 bits per heavy atom. The topological polar surface area (TPSA) is 49.0 Å². The molecule has 0 fully saturated rings. The highest BCUT2D eigenvalue weighted by Gasteiger charge is 2.15. The molecule has 2 heterocycles. The minimum atomic E-state index is -0.0463. The van der Waals surface area contributed by atoms with Crippen molar-refractivity contribution in [2.24, 2.45) is 0 Å². The average molecular weight is 350 g/mol.